The maximum Gasteiger partial charge on any atom is 0.339 e. The van der Waals surface area contributed by atoms with E-state index in [4.69, 9.17) is 14.5 Å². The molecule has 1 aliphatic rings. The van der Waals surface area contributed by atoms with Crippen molar-refractivity contribution in [2.45, 2.75) is 32.9 Å². The van der Waals surface area contributed by atoms with Crippen molar-refractivity contribution in [3.8, 4) is 5.75 Å². The molecule has 32 heavy (non-hydrogen) atoms. The van der Waals surface area contributed by atoms with Gasteiger partial charge in [-0.3, -0.25) is 14.7 Å². The fraction of sp³-hybridized carbons (Fsp3) is 0.320. The maximum absolute atomic E-state index is 13.3. The molecule has 1 atom stereocenters. The van der Waals surface area contributed by atoms with Crippen molar-refractivity contribution in [1.82, 2.24) is 9.88 Å². The zero-order valence-corrected chi connectivity index (χ0v) is 18.6. The minimum absolute atomic E-state index is 0.397. The zero-order valence-electron chi connectivity index (χ0n) is 18.6. The SMILES string of the molecule is CCN1CCc2nc3ccccc3c(C(=O)OC(C)C(=O)Nc3ccc(OC)cc3)c2C1. The molecular formula is C25H27N3O4. The number of nitrogens with zero attached hydrogens (tertiary/aromatic N) is 2. The second kappa shape index (κ2) is 9.36. The first-order chi connectivity index (χ1) is 15.5. The summed E-state index contributed by atoms with van der Waals surface area (Å²) in [5, 5.41) is 3.52. The van der Waals surface area contributed by atoms with E-state index in [0.29, 0.717) is 23.5 Å². The number of hydrogen-bond acceptors (Lipinski definition) is 6. The first kappa shape index (κ1) is 21.8. The molecule has 1 N–H and O–H groups in total. The Morgan fingerprint density at radius 2 is 1.91 bits per heavy atom. The van der Waals surface area contributed by atoms with Crippen LogP contribution >= 0.6 is 0 Å². The average molecular weight is 434 g/mol. The molecule has 7 heteroatoms. The van der Waals surface area contributed by atoms with Gasteiger partial charge in [0.2, 0.25) is 0 Å². The van der Waals surface area contributed by atoms with Crippen LogP contribution in [-0.4, -0.2) is 48.1 Å². The number of ether oxygens (including phenoxy) is 2. The summed E-state index contributed by atoms with van der Waals surface area (Å²) >= 11 is 0. The fourth-order valence-corrected chi connectivity index (χ4v) is 3.94. The molecule has 0 aliphatic carbocycles. The molecule has 1 unspecified atom stereocenters. The number of rotatable bonds is 6. The predicted molar refractivity (Wildman–Crippen MR) is 123 cm³/mol. The number of pyridine rings is 1. The minimum Gasteiger partial charge on any atom is -0.497 e. The van der Waals surface area contributed by atoms with Crippen LogP contribution < -0.4 is 10.1 Å². The van der Waals surface area contributed by atoms with Crippen LogP contribution in [0.5, 0.6) is 5.75 Å². The largest absolute Gasteiger partial charge is 0.497 e. The van der Waals surface area contributed by atoms with Crippen LogP contribution in [-0.2, 0) is 22.5 Å². The van der Waals surface area contributed by atoms with Crippen molar-refractivity contribution >= 4 is 28.5 Å². The van der Waals surface area contributed by atoms with E-state index in [1.807, 2.05) is 24.3 Å². The van der Waals surface area contributed by atoms with Gasteiger partial charge in [0.15, 0.2) is 6.10 Å². The number of para-hydroxylation sites is 1. The lowest BCUT2D eigenvalue weighted by atomic mass is 9.95. The lowest BCUT2D eigenvalue weighted by Crippen LogP contribution is -2.34. The molecule has 1 aliphatic heterocycles. The second-order valence-corrected chi connectivity index (χ2v) is 7.81. The van der Waals surface area contributed by atoms with Gasteiger partial charge in [-0.25, -0.2) is 4.79 Å². The molecule has 0 saturated carbocycles. The van der Waals surface area contributed by atoms with E-state index in [-0.39, 0.29) is 0 Å². The van der Waals surface area contributed by atoms with Crippen LogP contribution in [0.4, 0.5) is 5.69 Å². The molecule has 166 valence electrons. The molecule has 1 aromatic heterocycles. The Kier molecular flexibility index (Phi) is 6.37. The number of esters is 1. The Morgan fingerprint density at radius 1 is 1.16 bits per heavy atom. The zero-order chi connectivity index (χ0) is 22.7. The lowest BCUT2D eigenvalue weighted by molar-refractivity contribution is -0.123. The van der Waals surface area contributed by atoms with Crippen molar-refractivity contribution in [3.63, 3.8) is 0 Å². The summed E-state index contributed by atoms with van der Waals surface area (Å²) in [6.07, 6.45) is -0.181. The summed E-state index contributed by atoms with van der Waals surface area (Å²) in [5.41, 5.74) is 3.69. The van der Waals surface area contributed by atoms with Crippen molar-refractivity contribution in [1.29, 1.82) is 0 Å². The van der Waals surface area contributed by atoms with E-state index in [1.165, 1.54) is 0 Å². The highest BCUT2D eigenvalue weighted by molar-refractivity contribution is 6.06. The summed E-state index contributed by atoms with van der Waals surface area (Å²) in [4.78, 5) is 33.0. The van der Waals surface area contributed by atoms with Crippen LogP contribution in [0.1, 0.15) is 35.5 Å². The lowest BCUT2D eigenvalue weighted by Gasteiger charge is -2.29. The van der Waals surface area contributed by atoms with Crippen LogP contribution in [0.2, 0.25) is 0 Å². The Bertz CT molecular complexity index is 1140. The normalized spacial score (nSPS) is 14.5. The number of amides is 1. The Hall–Kier alpha value is -3.45. The van der Waals surface area contributed by atoms with E-state index in [1.54, 1.807) is 38.3 Å². The Morgan fingerprint density at radius 3 is 2.62 bits per heavy atom. The number of methoxy groups -OCH3 is 1. The molecule has 7 nitrogen and oxygen atoms in total. The quantitative estimate of drug-likeness (QED) is 0.596. The molecule has 2 heterocycles. The molecule has 1 amide bonds. The number of likely N-dealkylation sites (N-methyl/N-ethyl adjacent to an activating group) is 1. The van der Waals surface area contributed by atoms with E-state index < -0.39 is 18.0 Å². The third kappa shape index (κ3) is 4.43. The topological polar surface area (TPSA) is 80.8 Å². The van der Waals surface area contributed by atoms with Gasteiger partial charge >= 0.3 is 5.97 Å². The van der Waals surface area contributed by atoms with Gasteiger partial charge in [-0.15, -0.1) is 0 Å². The van der Waals surface area contributed by atoms with Gasteiger partial charge in [0.25, 0.3) is 5.91 Å². The first-order valence-electron chi connectivity index (χ1n) is 10.8. The van der Waals surface area contributed by atoms with Gasteiger partial charge in [0, 0.05) is 41.8 Å². The van der Waals surface area contributed by atoms with Crippen molar-refractivity contribution in [2.24, 2.45) is 0 Å². The monoisotopic (exact) mass is 433 g/mol. The smallest absolute Gasteiger partial charge is 0.339 e. The van der Waals surface area contributed by atoms with Gasteiger partial charge in [-0.2, -0.15) is 0 Å². The summed E-state index contributed by atoms with van der Waals surface area (Å²) in [5.74, 6) is -0.209. The maximum atomic E-state index is 13.3. The molecule has 4 rings (SSSR count). The summed E-state index contributed by atoms with van der Waals surface area (Å²) in [6.45, 7) is 6.11. The minimum atomic E-state index is -0.960. The molecule has 0 bridgehead atoms. The second-order valence-electron chi connectivity index (χ2n) is 7.81. The van der Waals surface area contributed by atoms with Crippen molar-refractivity contribution in [2.75, 3.05) is 25.5 Å². The molecule has 0 saturated heterocycles. The third-order valence-electron chi connectivity index (χ3n) is 5.79. The number of aromatic nitrogens is 1. The van der Waals surface area contributed by atoms with Crippen LogP contribution in [0.3, 0.4) is 0 Å². The Labute approximate surface area is 187 Å². The van der Waals surface area contributed by atoms with E-state index in [0.717, 1.165) is 41.7 Å². The number of benzene rings is 2. The highest BCUT2D eigenvalue weighted by atomic mass is 16.5. The third-order valence-corrected chi connectivity index (χ3v) is 5.79. The summed E-state index contributed by atoms with van der Waals surface area (Å²) in [6, 6.07) is 14.5. The Balaban J connectivity index is 1.58. The fourth-order valence-electron chi connectivity index (χ4n) is 3.94. The summed E-state index contributed by atoms with van der Waals surface area (Å²) < 4.78 is 10.8. The van der Waals surface area contributed by atoms with Gasteiger partial charge < -0.3 is 14.8 Å². The van der Waals surface area contributed by atoms with Crippen LogP contribution in [0.15, 0.2) is 48.5 Å². The van der Waals surface area contributed by atoms with E-state index >= 15 is 0 Å². The molecular weight excluding hydrogens is 406 g/mol. The van der Waals surface area contributed by atoms with E-state index in [2.05, 4.69) is 17.1 Å². The van der Waals surface area contributed by atoms with Gasteiger partial charge in [-0.1, -0.05) is 25.1 Å². The number of anilines is 1. The van der Waals surface area contributed by atoms with Crippen molar-refractivity contribution in [3.05, 3.63) is 65.4 Å². The number of carbonyl (C=O) groups excluding carboxylic acids is 2. The summed E-state index contributed by atoms with van der Waals surface area (Å²) in [7, 11) is 1.58. The van der Waals surface area contributed by atoms with Crippen LogP contribution in [0.25, 0.3) is 10.9 Å². The average Bonchev–Trinajstić information content (AvgIpc) is 2.82. The first-order valence-corrected chi connectivity index (χ1v) is 10.8. The molecule has 2 aromatic carbocycles. The van der Waals surface area contributed by atoms with Gasteiger partial charge in [0.1, 0.15) is 5.75 Å². The molecule has 3 aromatic rings. The predicted octanol–water partition coefficient (Wildman–Crippen LogP) is 3.81. The number of fused-ring (bicyclic) bond motifs is 2. The number of carbonyl (C=O) groups is 2. The van der Waals surface area contributed by atoms with Crippen molar-refractivity contribution < 1.29 is 19.1 Å². The van der Waals surface area contributed by atoms with Crippen LogP contribution in [0, 0.1) is 0 Å². The number of hydrogen-bond donors (Lipinski definition) is 1. The molecule has 0 spiro atoms. The van der Waals surface area contributed by atoms with Gasteiger partial charge in [0.05, 0.1) is 18.2 Å². The van der Waals surface area contributed by atoms with E-state index in [9.17, 15) is 9.59 Å². The number of nitrogens with one attached hydrogen (secondary N) is 1. The molecule has 0 fully saturated rings. The highest BCUT2D eigenvalue weighted by Crippen LogP contribution is 2.29. The van der Waals surface area contributed by atoms with Gasteiger partial charge in [-0.05, 0) is 43.8 Å². The highest BCUT2D eigenvalue weighted by Gasteiger charge is 2.28. The molecule has 0 radical (unpaired) electrons. The standard InChI is InChI=1S/C25H27N3O4/c1-4-28-14-13-22-20(15-28)23(19-7-5-6-8-21(19)27-22)25(30)32-16(2)24(29)26-17-9-11-18(31-3)12-10-17/h5-12,16H,4,13-15H2,1-3H3,(H,26,29).